The third-order valence-electron chi connectivity index (χ3n) is 5.31. The summed E-state index contributed by atoms with van der Waals surface area (Å²) >= 11 is 0. The number of nitrogens with zero attached hydrogens (tertiary/aromatic N) is 5. The Morgan fingerprint density at radius 3 is 2.65 bits per heavy atom. The molecule has 0 bridgehead atoms. The molecule has 4 heterocycles. The van der Waals surface area contributed by atoms with Crippen LogP contribution in [0.4, 0.5) is 5.82 Å². The summed E-state index contributed by atoms with van der Waals surface area (Å²) in [5.41, 5.74) is 1.10. The van der Waals surface area contributed by atoms with Crippen LogP contribution < -0.4 is 10.2 Å². The number of hydrogen-bond donors (Lipinski definition) is 1. The number of carbonyl (C=O) groups is 1. The van der Waals surface area contributed by atoms with Crippen LogP contribution in [0.5, 0.6) is 0 Å². The number of hydrogen-bond acceptors (Lipinski definition) is 6. The number of rotatable bonds is 3. The molecule has 2 saturated heterocycles. The Kier molecular flexibility index (Phi) is 5.06. The van der Waals surface area contributed by atoms with Gasteiger partial charge in [-0.25, -0.2) is 4.98 Å². The standard InChI is InChI=1S/C19H24N6O/c26-19(15-3-9-24(10-4-15)18-14-21-6-7-23-18)25-11-8-22-13-17(25)16-2-1-5-20-12-16/h1-2,5-7,12,14-15,17,22H,3-4,8-11,13H2. The van der Waals surface area contributed by atoms with Crippen LogP contribution in [-0.4, -0.2) is 58.5 Å². The quantitative estimate of drug-likeness (QED) is 0.896. The highest BCUT2D eigenvalue weighted by molar-refractivity contribution is 5.80. The van der Waals surface area contributed by atoms with Crippen molar-refractivity contribution < 1.29 is 4.79 Å². The Balaban J connectivity index is 1.42. The van der Waals surface area contributed by atoms with Gasteiger partial charge in [-0.1, -0.05) is 6.07 Å². The molecule has 4 rings (SSSR count). The van der Waals surface area contributed by atoms with Crippen LogP contribution in [-0.2, 0) is 4.79 Å². The largest absolute Gasteiger partial charge is 0.355 e. The summed E-state index contributed by atoms with van der Waals surface area (Å²) in [6, 6.07) is 4.07. The normalized spacial score (nSPS) is 21.6. The van der Waals surface area contributed by atoms with Gasteiger partial charge in [0.15, 0.2) is 0 Å². The highest BCUT2D eigenvalue weighted by Crippen LogP contribution is 2.28. The Labute approximate surface area is 153 Å². The number of carbonyl (C=O) groups excluding carboxylic acids is 1. The van der Waals surface area contributed by atoms with Crippen LogP contribution in [0.15, 0.2) is 43.1 Å². The fourth-order valence-corrected chi connectivity index (χ4v) is 3.88. The van der Waals surface area contributed by atoms with Gasteiger partial charge in [0.2, 0.25) is 5.91 Å². The number of amides is 1. The van der Waals surface area contributed by atoms with Crippen molar-refractivity contribution in [3.05, 3.63) is 48.7 Å². The van der Waals surface area contributed by atoms with Gasteiger partial charge in [0.25, 0.3) is 0 Å². The first kappa shape index (κ1) is 16.9. The molecule has 0 aliphatic carbocycles. The fourth-order valence-electron chi connectivity index (χ4n) is 3.88. The van der Waals surface area contributed by atoms with E-state index in [1.807, 2.05) is 12.3 Å². The topological polar surface area (TPSA) is 74.2 Å². The molecule has 2 fully saturated rings. The Hall–Kier alpha value is -2.54. The monoisotopic (exact) mass is 352 g/mol. The molecule has 2 aliphatic rings. The van der Waals surface area contributed by atoms with Gasteiger partial charge in [0.05, 0.1) is 12.2 Å². The van der Waals surface area contributed by atoms with Crippen LogP contribution in [0, 0.1) is 5.92 Å². The summed E-state index contributed by atoms with van der Waals surface area (Å²) in [4.78, 5) is 30.2. The SMILES string of the molecule is O=C(C1CCN(c2cnccn2)CC1)N1CCNCC1c1cccnc1. The molecule has 1 unspecified atom stereocenters. The molecule has 7 heteroatoms. The second kappa shape index (κ2) is 7.78. The van der Waals surface area contributed by atoms with Crippen LogP contribution in [0.3, 0.4) is 0 Å². The number of pyridine rings is 1. The molecule has 1 atom stereocenters. The summed E-state index contributed by atoms with van der Waals surface area (Å²) < 4.78 is 0. The summed E-state index contributed by atoms with van der Waals surface area (Å²) in [6.45, 7) is 4.08. The molecule has 1 N–H and O–H groups in total. The molecule has 0 radical (unpaired) electrons. The maximum Gasteiger partial charge on any atom is 0.226 e. The second-order valence-corrected chi connectivity index (χ2v) is 6.86. The summed E-state index contributed by atoms with van der Waals surface area (Å²) in [5, 5.41) is 3.40. The Bertz CT molecular complexity index is 717. The first-order valence-electron chi connectivity index (χ1n) is 9.25. The zero-order valence-electron chi connectivity index (χ0n) is 14.8. The van der Waals surface area contributed by atoms with Gasteiger partial charge in [-0.05, 0) is 24.5 Å². The molecule has 0 spiro atoms. The predicted molar refractivity (Wildman–Crippen MR) is 98.5 cm³/mol. The van der Waals surface area contributed by atoms with Crippen molar-refractivity contribution in [2.75, 3.05) is 37.6 Å². The van der Waals surface area contributed by atoms with Crippen molar-refractivity contribution in [1.29, 1.82) is 0 Å². The van der Waals surface area contributed by atoms with E-state index in [0.29, 0.717) is 0 Å². The van der Waals surface area contributed by atoms with E-state index >= 15 is 0 Å². The van der Waals surface area contributed by atoms with Crippen molar-refractivity contribution in [2.24, 2.45) is 5.92 Å². The van der Waals surface area contributed by atoms with Crippen LogP contribution in [0.2, 0.25) is 0 Å². The zero-order valence-corrected chi connectivity index (χ0v) is 14.8. The van der Waals surface area contributed by atoms with Gasteiger partial charge < -0.3 is 15.1 Å². The molecule has 2 aromatic heterocycles. The summed E-state index contributed by atoms with van der Waals surface area (Å²) in [6.07, 6.45) is 10.5. The third-order valence-corrected chi connectivity index (χ3v) is 5.31. The predicted octanol–water partition coefficient (Wildman–Crippen LogP) is 1.26. The van der Waals surface area contributed by atoms with Gasteiger partial charge in [0.1, 0.15) is 5.82 Å². The Morgan fingerprint density at radius 2 is 1.92 bits per heavy atom. The molecule has 2 aliphatic heterocycles. The van der Waals surface area contributed by atoms with Crippen LogP contribution >= 0.6 is 0 Å². The van der Waals surface area contributed by atoms with Crippen molar-refractivity contribution >= 4 is 11.7 Å². The highest BCUT2D eigenvalue weighted by atomic mass is 16.2. The van der Waals surface area contributed by atoms with Gasteiger partial charge in [0, 0.05) is 63.4 Å². The molecule has 0 saturated carbocycles. The minimum atomic E-state index is 0.0722. The van der Waals surface area contributed by atoms with Gasteiger partial charge >= 0.3 is 0 Å². The van der Waals surface area contributed by atoms with Gasteiger partial charge in [-0.15, -0.1) is 0 Å². The van der Waals surface area contributed by atoms with Crippen molar-refractivity contribution in [2.45, 2.75) is 18.9 Å². The van der Waals surface area contributed by atoms with Gasteiger partial charge in [-0.3, -0.25) is 14.8 Å². The molecule has 2 aromatic rings. The van der Waals surface area contributed by atoms with E-state index in [9.17, 15) is 4.79 Å². The average Bonchev–Trinajstić information content (AvgIpc) is 2.75. The van der Waals surface area contributed by atoms with Crippen LogP contribution in [0.1, 0.15) is 24.4 Å². The number of aromatic nitrogens is 3. The van der Waals surface area contributed by atoms with E-state index in [-0.39, 0.29) is 17.9 Å². The molecular formula is C19H24N6O. The zero-order chi connectivity index (χ0) is 17.8. The van der Waals surface area contributed by atoms with Crippen LogP contribution in [0.25, 0.3) is 0 Å². The van der Waals surface area contributed by atoms with E-state index < -0.39 is 0 Å². The lowest BCUT2D eigenvalue weighted by Gasteiger charge is -2.40. The van der Waals surface area contributed by atoms with Gasteiger partial charge in [-0.2, -0.15) is 0 Å². The van der Waals surface area contributed by atoms with Crippen molar-refractivity contribution in [3.63, 3.8) is 0 Å². The molecule has 7 nitrogen and oxygen atoms in total. The molecule has 1 amide bonds. The highest BCUT2D eigenvalue weighted by Gasteiger charge is 2.34. The number of anilines is 1. The lowest BCUT2D eigenvalue weighted by molar-refractivity contribution is -0.139. The Morgan fingerprint density at radius 1 is 1.08 bits per heavy atom. The summed E-state index contributed by atoms with van der Waals surface area (Å²) in [5.74, 6) is 1.26. The molecule has 136 valence electrons. The van der Waals surface area contributed by atoms with E-state index in [1.54, 1.807) is 24.8 Å². The molecule has 26 heavy (non-hydrogen) atoms. The third kappa shape index (κ3) is 3.53. The first-order valence-corrected chi connectivity index (χ1v) is 9.25. The minimum absolute atomic E-state index is 0.0722. The maximum atomic E-state index is 13.2. The molecular weight excluding hydrogens is 328 g/mol. The van der Waals surface area contributed by atoms with E-state index in [4.69, 9.17) is 0 Å². The first-order chi connectivity index (χ1) is 12.8. The van der Waals surface area contributed by atoms with E-state index in [2.05, 4.69) is 36.1 Å². The second-order valence-electron chi connectivity index (χ2n) is 6.86. The minimum Gasteiger partial charge on any atom is -0.355 e. The number of piperazine rings is 1. The molecule has 0 aromatic carbocycles. The van der Waals surface area contributed by atoms with Crippen molar-refractivity contribution in [3.8, 4) is 0 Å². The number of nitrogens with one attached hydrogen (secondary N) is 1. The maximum absolute atomic E-state index is 13.2. The van der Waals surface area contributed by atoms with E-state index in [0.717, 1.165) is 56.9 Å². The number of piperidine rings is 1. The lowest BCUT2D eigenvalue weighted by Crippen LogP contribution is -2.52. The van der Waals surface area contributed by atoms with Crippen molar-refractivity contribution in [1.82, 2.24) is 25.2 Å². The fraction of sp³-hybridized carbons (Fsp3) is 0.474. The smallest absolute Gasteiger partial charge is 0.226 e. The summed E-state index contributed by atoms with van der Waals surface area (Å²) in [7, 11) is 0. The average molecular weight is 352 g/mol. The lowest BCUT2D eigenvalue weighted by atomic mass is 9.93. The van der Waals surface area contributed by atoms with E-state index in [1.165, 1.54) is 0 Å².